The first-order valence-corrected chi connectivity index (χ1v) is 11.3. The van der Waals surface area contributed by atoms with Crippen LogP contribution in [0.2, 0.25) is 0 Å². The van der Waals surface area contributed by atoms with Gasteiger partial charge in [0.05, 0.1) is 11.2 Å². The molecule has 0 radical (unpaired) electrons. The number of fused-ring (bicyclic) bond motifs is 1. The topological polar surface area (TPSA) is 56.8 Å². The van der Waals surface area contributed by atoms with Crippen LogP contribution in [0.5, 0.6) is 0 Å². The van der Waals surface area contributed by atoms with Crippen LogP contribution in [0.15, 0.2) is 59.6 Å². The molecule has 0 atom stereocenters. The summed E-state index contributed by atoms with van der Waals surface area (Å²) in [4.78, 5) is 35.4. The third kappa shape index (κ3) is 4.42. The van der Waals surface area contributed by atoms with E-state index in [0.717, 1.165) is 27.1 Å². The van der Waals surface area contributed by atoms with Crippen LogP contribution < -0.4 is 9.80 Å². The number of halogens is 3. The summed E-state index contributed by atoms with van der Waals surface area (Å²) in [5.41, 5.74) is -2.75. The number of benzene rings is 2. The Bertz CT molecular complexity index is 1260. The van der Waals surface area contributed by atoms with Gasteiger partial charge in [-0.1, -0.05) is 0 Å². The molecule has 1 fully saturated rings. The van der Waals surface area contributed by atoms with Crippen molar-refractivity contribution >= 4 is 46.0 Å². The van der Waals surface area contributed by atoms with Crippen molar-refractivity contribution in [2.75, 3.05) is 23.9 Å². The fraction of sp³-hybridized carbons (Fsp3) is 0.292. The quantitative estimate of drug-likeness (QED) is 0.343. The lowest BCUT2D eigenvalue weighted by molar-refractivity contribution is -0.123. The summed E-state index contributed by atoms with van der Waals surface area (Å²) in [5.74, 6) is -0.443. The van der Waals surface area contributed by atoms with E-state index in [9.17, 15) is 22.8 Å². The Morgan fingerprint density at radius 3 is 2.32 bits per heavy atom. The zero-order chi connectivity index (χ0) is 24.8. The molecule has 10 heteroatoms. The first kappa shape index (κ1) is 23.9. The number of pyridine rings is 1. The molecule has 0 unspecified atom stereocenters. The number of alkyl halides is 3. The van der Waals surface area contributed by atoms with E-state index in [1.807, 2.05) is 43.3 Å². The maximum Gasteiger partial charge on any atom is 0.446 e. The zero-order valence-corrected chi connectivity index (χ0v) is 19.9. The van der Waals surface area contributed by atoms with Crippen LogP contribution in [0, 0.1) is 0 Å². The molecule has 0 spiro atoms. The molecular weight excluding hydrogens is 465 g/mol. The normalized spacial score (nSPS) is 16.0. The molecule has 6 nitrogen and oxygen atoms in total. The first-order chi connectivity index (χ1) is 15.9. The van der Waals surface area contributed by atoms with E-state index in [-0.39, 0.29) is 28.9 Å². The van der Waals surface area contributed by atoms with Gasteiger partial charge in [-0.3, -0.25) is 9.78 Å². The summed E-state index contributed by atoms with van der Waals surface area (Å²) in [5, 5.41) is 0.872. The van der Waals surface area contributed by atoms with Gasteiger partial charge in [-0.25, -0.2) is 9.69 Å². The summed E-state index contributed by atoms with van der Waals surface area (Å²) in [6.07, 6.45) is 1.66. The predicted molar refractivity (Wildman–Crippen MR) is 127 cm³/mol. The molecule has 3 aromatic rings. The average molecular weight is 489 g/mol. The molecule has 4 rings (SSSR count). The number of aromatic nitrogens is 1. The highest BCUT2D eigenvalue weighted by Crippen LogP contribution is 2.39. The molecule has 2 heterocycles. The van der Waals surface area contributed by atoms with E-state index in [4.69, 9.17) is 0 Å². The molecule has 1 saturated heterocycles. The van der Waals surface area contributed by atoms with Crippen molar-refractivity contribution < 1.29 is 22.8 Å². The van der Waals surface area contributed by atoms with E-state index in [1.54, 1.807) is 20.0 Å². The molecule has 1 aromatic heterocycles. The molecule has 3 amide bonds. The van der Waals surface area contributed by atoms with E-state index < -0.39 is 23.0 Å². The van der Waals surface area contributed by atoms with Crippen molar-refractivity contribution in [3.8, 4) is 0 Å². The Hall–Kier alpha value is -3.27. The minimum Gasteiger partial charge on any atom is -0.378 e. The first-order valence-electron chi connectivity index (χ1n) is 10.5. The van der Waals surface area contributed by atoms with Gasteiger partial charge in [-0.15, -0.1) is 0 Å². The molecule has 1 aliphatic heterocycles. The molecule has 178 valence electrons. The fourth-order valence-electron chi connectivity index (χ4n) is 3.90. The van der Waals surface area contributed by atoms with Gasteiger partial charge in [-0.05, 0) is 79.7 Å². The van der Waals surface area contributed by atoms with E-state index >= 15 is 0 Å². The van der Waals surface area contributed by atoms with Crippen molar-refractivity contribution in [3.05, 3.63) is 60.3 Å². The molecule has 34 heavy (non-hydrogen) atoms. The summed E-state index contributed by atoms with van der Waals surface area (Å²) in [6, 6.07) is 12.4. The number of carbonyl (C=O) groups excluding carboxylic acids is 2. The number of amides is 3. The maximum absolute atomic E-state index is 13.4. The van der Waals surface area contributed by atoms with Gasteiger partial charge in [-0.2, -0.15) is 13.2 Å². The highest BCUT2D eigenvalue weighted by atomic mass is 32.2. The number of thioether (sulfide) groups is 1. The summed E-state index contributed by atoms with van der Waals surface area (Å²) < 4.78 is 37.9. The second-order valence-corrected chi connectivity index (χ2v) is 9.81. The molecular formula is C24H23F3N4O2S. The standard InChI is InChI=1S/C24H23F3N4O2S/c1-23(2)21(32)31(16-5-8-18(9-6-16)34-24(25,26)27)22(33)30(23)14-15-11-12-28-20-10-7-17(29(3)4)13-19(15)20/h5-13H,14H2,1-4H3. The van der Waals surface area contributed by atoms with Crippen molar-refractivity contribution in [2.45, 2.75) is 36.3 Å². The van der Waals surface area contributed by atoms with Gasteiger partial charge in [0.25, 0.3) is 5.91 Å². The number of hydrogen-bond donors (Lipinski definition) is 0. The Labute approximate surface area is 199 Å². The monoisotopic (exact) mass is 488 g/mol. The summed E-state index contributed by atoms with van der Waals surface area (Å²) >= 11 is -0.248. The lowest BCUT2D eigenvalue weighted by Gasteiger charge is -2.28. The smallest absolute Gasteiger partial charge is 0.378 e. The van der Waals surface area contributed by atoms with Crippen molar-refractivity contribution in [2.24, 2.45) is 0 Å². The van der Waals surface area contributed by atoms with Crippen molar-refractivity contribution in [1.82, 2.24) is 9.88 Å². The number of imide groups is 1. The van der Waals surface area contributed by atoms with Gasteiger partial charge >= 0.3 is 11.5 Å². The van der Waals surface area contributed by atoms with E-state index in [1.165, 1.54) is 29.2 Å². The largest absolute Gasteiger partial charge is 0.446 e. The average Bonchev–Trinajstić information content (AvgIpc) is 2.92. The van der Waals surface area contributed by atoms with Gasteiger partial charge < -0.3 is 9.80 Å². The van der Waals surface area contributed by atoms with Crippen LogP contribution in [0.3, 0.4) is 0 Å². The second-order valence-electron chi connectivity index (χ2n) is 8.68. The third-order valence-electron chi connectivity index (χ3n) is 5.81. The highest BCUT2D eigenvalue weighted by Gasteiger charge is 2.51. The van der Waals surface area contributed by atoms with Crippen LogP contribution in [-0.4, -0.2) is 47.0 Å². The number of anilines is 2. The Morgan fingerprint density at radius 2 is 1.71 bits per heavy atom. The van der Waals surface area contributed by atoms with Crippen molar-refractivity contribution in [1.29, 1.82) is 0 Å². The van der Waals surface area contributed by atoms with E-state index in [2.05, 4.69) is 4.98 Å². The Morgan fingerprint density at radius 1 is 1.03 bits per heavy atom. The van der Waals surface area contributed by atoms with Gasteiger partial charge in [0, 0.05) is 42.8 Å². The van der Waals surface area contributed by atoms with Crippen molar-refractivity contribution in [3.63, 3.8) is 0 Å². The maximum atomic E-state index is 13.4. The zero-order valence-electron chi connectivity index (χ0n) is 19.1. The molecule has 2 aromatic carbocycles. The van der Waals surface area contributed by atoms with Crippen LogP contribution in [0.1, 0.15) is 19.4 Å². The summed E-state index contributed by atoms with van der Waals surface area (Å²) in [6.45, 7) is 3.50. The van der Waals surface area contributed by atoms with Crippen LogP contribution in [-0.2, 0) is 11.3 Å². The fourth-order valence-corrected chi connectivity index (χ4v) is 4.44. The number of urea groups is 1. The van der Waals surface area contributed by atoms with Gasteiger partial charge in [0.1, 0.15) is 5.54 Å². The highest BCUT2D eigenvalue weighted by molar-refractivity contribution is 8.00. The molecule has 0 N–H and O–H groups in total. The lowest BCUT2D eigenvalue weighted by Crippen LogP contribution is -2.43. The summed E-state index contributed by atoms with van der Waals surface area (Å²) in [7, 11) is 3.86. The van der Waals surface area contributed by atoms with Gasteiger partial charge in [0.15, 0.2) is 0 Å². The third-order valence-corrected chi connectivity index (χ3v) is 6.55. The Balaban J connectivity index is 1.66. The SMILES string of the molecule is CN(C)c1ccc2nccc(CN3C(=O)N(c4ccc(SC(F)(F)F)cc4)C(=O)C3(C)C)c2c1. The number of nitrogens with zero attached hydrogens (tertiary/aromatic N) is 4. The molecule has 1 aliphatic rings. The van der Waals surface area contributed by atoms with Crippen LogP contribution in [0.4, 0.5) is 29.3 Å². The predicted octanol–water partition coefficient (Wildman–Crippen LogP) is 5.66. The second kappa shape index (κ2) is 8.50. The minimum absolute atomic E-state index is 0.0218. The Kier molecular flexibility index (Phi) is 5.97. The number of hydrogen-bond acceptors (Lipinski definition) is 5. The lowest BCUT2D eigenvalue weighted by atomic mass is 10.0. The minimum atomic E-state index is -4.42. The number of carbonyl (C=O) groups is 2. The van der Waals surface area contributed by atoms with Crippen LogP contribution >= 0.6 is 11.8 Å². The van der Waals surface area contributed by atoms with Gasteiger partial charge in [0.2, 0.25) is 0 Å². The molecule has 0 bridgehead atoms. The van der Waals surface area contributed by atoms with E-state index in [0.29, 0.717) is 0 Å². The van der Waals surface area contributed by atoms with Crippen LogP contribution in [0.25, 0.3) is 10.9 Å². The molecule has 0 saturated carbocycles. The molecule has 0 aliphatic carbocycles. The number of rotatable bonds is 5.